The topological polar surface area (TPSA) is 54.9 Å². The molecule has 1 aliphatic rings. The number of thiophene rings is 1. The molecule has 3 aromatic rings. The van der Waals surface area contributed by atoms with Gasteiger partial charge in [-0.25, -0.2) is 4.98 Å². The Morgan fingerprint density at radius 2 is 2.08 bits per heavy atom. The summed E-state index contributed by atoms with van der Waals surface area (Å²) >= 11 is 3.34. The van der Waals surface area contributed by atoms with E-state index in [2.05, 4.69) is 41.4 Å². The van der Waals surface area contributed by atoms with Gasteiger partial charge in [0.15, 0.2) is 6.04 Å². The highest BCUT2D eigenvalue weighted by molar-refractivity contribution is 7.17. The minimum Gasteiger partial charge on any atom is -0.492 e. The van der Waals surface area contributed by atoms with Crippen molar-refractivity contribution in [2.24, 2.45) is 11.8 Å². The predicted octanol–water partition coefficient (Wildman–Crippen LogP) is 2.52. The lowest BCUT2D eigenvalue weighted by atomic mass is 9.90. The number of nitrogens with one attached hydrogen (secondary N) is 1. The molecule has 0 radical (unpaired) electrons. The fourth-order valence-corrected chi connectivity index (χ4v) is 6.22. The minimum absolute atomic E-state index is 0.170. The van der Waals surface area contributed by atoms with Gasteiger partial charge >= 0.3 is 0 Å². The molecule has 128 valence electrons. The van der Waals surface area contributed by atoms with Gasteiger partial charge in [0.05, 0.1) is 18.0 Å². The summed E-state index contributed by atoms with van der Waals surface area (Å²) in [6.07, 6.45) is 1.29. The van der Waals surface area contributed by atoms with Gasteiger partial charge in [-0.05, 0) is 24.8 Å². The molecule has 1 unspecified atom stereocenters. The summed E-state index contributed by atoms with van der Waals surface area (Å²) in [5, 5.41) is 17.3. The van der Waals surface area contributed by atoms with Gasteiger partial charge in [-0.15, -0.1) is 16.4 Å². The van der Waals surface area contributed by atoms with Crippen molar-refractivity contribution >= 4 is 27.6 Å². The second kappa shape index (κ2) is 6.13. The molecular weight excluding hydrogens is 340 g/mol. The summed E-state index contributed by atoms with van der Waals surface area (Å²) in [6.45, 7) is 8.81. The molecule has 5 nitrogen and oxygen atoms in total. The van der Waals surface area contributed by atoms with Crippen molar-refractivity contribution in [1.82, 2.24) is 14.6 Å². The van der Waals surface area contributed by atoms with Gasteiger partial charge in [0.2, 0.25) is 10.8 Å². The van der Waals surface area contributed by atoms with Gasteiger partial charge in [0.1, 0.15) is 10.7 Å². The van der Waals surface area contributed by atoms with Gasteiger partial charge in [0.25, 0.3) is 0 Å². The van der Waals surface area contributed by atoms with Gasteiger partial charge in [0, 0.05) is 11.8 Å². The SMILES string of the molecule is Cc1nc2sc([C@H](c3cccs3)[NH+]3C[C@H](C)C[C@H](C)C3)c(O)n2n1. The summed E-state index contributed by atoms with van der Waals surface area (Å²) in [6, 6.07) is 4.46. The van der Waals surface area contributed by atoms with Crippen LogP contribution < -0.4 is 4.90 Å². The van der Waals surface area contributed by atoms with Crippen molar-refractivity contribution in [3.05, 3.63) is 33.1 Å². The summed E-state index contributed by atoms with van der Waals surface area (Å²) in [5.41, 5.74) is 0. The first-order valence-electron chi connectivity index (χ1n) is 8.46. The van der Waals surface area contributed by atoms with Crippen LogP contribution in [0.15, 0.2) is 17.5 Å². The predicted molar refractivity (Wildman–Crippen MR) is 97.1 cm³/mol. The van der Waals surface area contributed by atoms with Crippen LogP contribution in [0.5, 0.6) is 5.88 Å². The molecule has 0 bridgehead atoms. The summed E-state index contributed by atoms with van der Waals surface area (Å²) in [4.78, 5) is 9.05. The van der Waals surface area contributed by atoms with E-state index in [1.54, 1.807) is 32.1 Å². The van der Waals surface area contributed by atoms with Crippen molar-refractivity contribution < 1.29 is 10.0 Å². The van der Waals surface area contributed by atoms with E-state index >= 15 is 0 Å². The maximum absolute atomic E-state index is 10.8. The first-order valence-corrected chi connectivity index (χ1v) is 10.2. The van der Waals surface area contributed by atoms with Crippen LogP contribution in [-0.4, -0.2) is 32.8 Å². The molecule has 7 heteroatoms. The highest BCUT2D eigenvalue weighted by atomic mass is 32.1. The van der Waals surface area contributed by atoms with E-state index < -0.39 is 0 Å². The molecule has 4 rings (SSSR count). The fraction of sp³-hybridized carbons (Fsp3) is 0.529. The number of aromatic nitrogens is 3. The first-order chi connectivity index (χ1) is 11.5. The number of likely N-dealkylation sites (tertiary alicyclic amines) is 1. The van der Waals surface area contributed by atoms with Crippen LogP contribution >= 0.6 is 22.7 Å². The summed E-state index contributed by atoms with van der Waals surface area (Å²) in [5.74, 6) is 2.37. The molecule has 4 atom stereocenters. The number of hydrogen-bond acceptors (Lipinski definition) is 5. The minimum atomic E-state index is 0.170. The van der Waals surface area contributed by atoms with Crippen molar-refractivity contribution in [1.29, 1.82) is 0 Å². The number of aryl methyl sites for hydroxylation is 1. The zero-order valence-corrected chi connectivity index (χ0v) is 15.8. The Morgan fingerprint density at radius 1 is 1.33 bits per heavy atom. The van der Waals surface area contributed by atoms with Crippen LogP contribution in [0.25, 0.3) is 4.96 Å². The molecule has 4 heterocycles. The van der Waals surface area contributed by atoms with E-state index in [9.17, 15) is 5.11 Å². The molecule has 0 aliphatic carbocycles. The number of piperidine rings is 1. The number of nitrogens with zero attached hydrogens (tertiary/aromatic N) is 3. The molecule has 2 N–H and O–H groups in total. The lowest BCUT2D eigenvalue weighted by Gasteiger charge is -2.36. The molecule has 24 heavy (non-hydrogen) atoms. The van der Waals surface area contributed by atoms with Crippen LogP contribution in [0.4, 0.5) is 0 Å². The zero-order chi connectivity index (χ0) is 16.8. The number of hydrogen-bond donors (Lipinski definition) is 2. The average molecular weight is 364 g/mol. The average Bonchev–Trinajstić information content (AvgIpc) is 3.20. The molecule has 3 aromatic heterocycles. The number of quaternary nitrogens is 1. The molecule has 1 aliphatic heterocycles. The Kier molecular flexibility index (Phi) is 4.10. The highest BCUT2D eigenvalue weighted by Crippen LogP contribution is 2.36. The maximum atomic E-state index is 10.8. The second-order valence-electron chi connectivity index (χ2n) is 7.10. The first kappa shape index (κ1) is 16.1. The Balaban J connectivity index is 1.80. The van der Waals surface area contributed by atoms with Gasteiger partial charge < -0.3 is 10.0 Å². The van der Waals surface area contributed by atoms with E-state index in [0.29, 0.717) is 17.7 Å². The number of aromatic hydroxyl groups is 1. The van der Waals surface area contributed by atoms with Crippen molar-refractivity contribution in [2.45, 2.75) is 33.2 Å². The van der Waals surface area contributed by atoms with Crippen molar-refractivity contribution in [3.8, 4) is 5.88 Å². The molecule has 1 fully saturated rings. The zero-order valence-electron chi connectivity index (χ0n) is 14.2. The van der Waals surface area contributed by atoms with E-state index in [0.717, 1.165) is 22.9 Å². The van der Waals surface area contributed by atoms with Crippen LogP contribution in [0.2, 0.25) is 0 Å². The van der Waals surface area contributed by atoms with Crippen molar-refractivity contribution in [3.63, 3.8) is 0 Å². The standard InChI is InChI=1S/C17H22N4OS2/c1-10-7-11(2)9-20(8-10)14(13-5-4-6-23-13)15-16(22)21-17(24-15)18-12(3)19-21/h4-6,10-11,14,22H,7-9H2,1-3H3/p+1/t10-,11+,14-/m0/s1. The quantitative estimate of drug-likeness (QED) is 0.752. The maximum Gasteiger partial charge on any atom is 0.235 e. The van der Waals surface area contributed by atoms with E-state index in [-0.39, 0.29) is 11.9 Å². The molecule has 1 saturated heterocycles. The third kappa shape index (κ3) is 2.74. The Labute approximate surface area is 149 Å². The number of rotatable bonds is 3. The molecular formula is C17H23N4OS2+. The fourth-order valence-electron chi connectivity index (χ4n) is 4.08. The lowest BCUT2D eigenvalue weighted by Crippen LogP contribution is -3.14. The smallest absolute Gasteiger partial charge is 0.235 e. The second-order valence-corrected chi connectivity index (χ2v) is 9.09. The molecule has 0 amide bonds. The normalized spacial score (nSPS) is 26.0. The summed E-state index contributed by atoms with van der Waals surface area (Å²) in [7, 11) is 0. The highest BCUT2D eigenvalue weighted by Gasteiger charge is 2.37. The van der Waals surface area contributed by atoms with Crippen LogP contribution in [0.1, 0.15) is 41.9 Å². The Bertz CT molecular complexity index is 828. The lowest BCUT2D eigenvalue weighted by molar-refractivity contribution is -0.936. The van der Waals surface area contributed by atoms with Gasteiger partial charge in [-0.1, -0.05) is 31.3 Å². The monoisotopic (exact) mass is 363 g/mol. The van der Waals surface area contributed by atoms with Crippen LogP contribution in [0, 0.1) is 18.8 Å². The molecule has 0 spiro atoms. The van der Waals surface area contributed by atoms with Gasteiger partial charge in [-0.3, -0.25) is 0 Å². The van der Waals surface area contributed by atoms with Crippen LogP contribution in [-0.2, 0) is 0 Å². The van der Waals surface area contributed by atoms with Crippen molar-refractivity contribution in [2.75, 3.05) is 13.1 Å². The van der Waals surface area contributed by atoms with E-state index in [4.69, 9.17) is 0 Å². The number of thiazole rings is 1. The largest absolute Gasteiger partial charge is 0.492 e. The molecule has 0 aromatic carbocycles. The van der Waals surface area contributed by atoms with Gasteiger partial charge in [-0.2, -0.15) is 4.52 Å². The molecule has 0 saturated carbocycles. The van der Waals surface area contributed by atoms with E-state index in [1.165, 1.54) is 11.3 Å². The summed E-state index contributed by atoms with van der Waals surface area (Å²) < 4.78 is 1.59. The van der Waals surface area contributed by atoms with Crippen LogP contribution in [0.3, 0.4) is 0 Å². The Hall–Kier alpha value is -1.44. The Morgan fingerprint density at radius 3 is 2.71 bits per heavy atom. The third-order valence-electron chi connectivity index (χ3n) is 4.83. The third-order valence-corrected chi connectivity index (χ3v) is 6.85. The van der Waals surface area contributed by atoms with E-state index in [1.807, 2.05) is 6.92 Å². The number of fused-ring (bicyclic) bond motifs is 1.